The SMILES string of the molecule is CCCCCCCCCCCCCCCCCCC/C=C/C(O)C(COP(=O)(O)OCC[N+](C)(C)C)NC(=O)CCCCCCCCCCCCCC. The molecule has 0 bridgehead atoms. The highest BCUT2D eigenvalue weighted by molar-refractivity contribution is 7.47. The summed E-state index contributed by atoms with van der Waals surface area (Å²) in [5.41, 5.74) is 0. The van der Waals surface area contributed by atoms with Crippen molar-refractivity contribution in [1.82, 2.24) is 5.32 Å². The van der Waals surface area contributed by atoms with Crippen LogP contribution in [0.2, 0.25) is 0 Å². The lowest BCUT2D eigenvalue weighted by Gasteiger charge is -2.25. The monoisotopic (exact) mass is 774 g/mol. The van der Waals surface area contributed by atoms with E-state index >= 15 is 0 Å². The number of likely N-dealkylation sites (N-methyl/N-ethyl adjacent to an activating group) is 1. The van der Waals surface area contributed by atoms with Gasteiger partial charge in [-0.3, -0.25) is 13.8 Å². The van der Waals surface area contributed by atoms with Crippen molar-refractivity contribution in [3.63, 3.8) is 0 Å². The minimum Gasteiger partial charge on any atom is -0.387 e. The molecule has 0 aromatic rings. The Bertz CT molecular complexity index is 880. The number of hydrogen-bond donors (Lipinski definition) is 3. The van der Waals surface area contributed by atoms with Crippen molar-refractivity contribution < 1.29 is 32.9 Å². The van der Waals surface area contributed by atoms with Crippen LogP contribution in [0.25, 0.3) is 0 Å². The first-order valence-electron chi connectivity index (χ1n) is 22.6. The maximum atomic E-state index is 12.8. The number of carbonyl (C=O) groups excluding carboxylic acids is 1. The van der Waals surface area contributed by atoms with E-state index in [4.69, 9.17) is 9.05 Å². The van der Waals surface area contributed by atoms with Crippen LogP contribution in [0.5, 0.6) is 0 Å². The number of unbranched alkanes of at least 4 members (excludes halogenated alkanes) is 28. The van der Waals surface area contributed by atoms with Crippen molar-refractivity contribution >= 4 is 13.7 Å². The summed E-state index contributed by atoms with van der Waals surface area (Å²) >= 11 is 0. The maximum absolute atomic E-state index is 12.8. The van der Waals surface area contributed by atoms with Gasteiger partial charge in [-0.25, -0.2) is 4.57 Å². The number of phosphoric ester groups is 1. The Balaban J connectivity index is 4.37. The largest absolute Gasteiger partial charge is 0.472 e. The second-order valence-corrected chi connectivity index (χ2v) is 18.2. The van der Waals surface area contributed by atoms with Crippen molar-refractivity contribution in [2.24, 2.45) is 0 Å². The molecule has 0 heterocycles. The number of rotatable bonds is 41. The molecule has 0 saturated heterocycles. The summed E-state index contributed by atoms with van der Waals surface area (Å²) < 4.78 is 23.5. The van der Waals surface area contributed by atoms with Crippen LogP contribution in [0.3, 0.4) is 0 Å². The molecular formula is C44H90N2O6P+. The molecule has 8 nitrogen and oxygen atoms in total. The molecular weight excluding hydrogens is 683 g/mol. The standard InChI is InChI=1S/C44H89N2O6P/c1-6-8-10-12-14-16-18-20-21-22-23-24-25-26-27-29-31-33-35-37-43(47)42(41-52-53(49,50)51-40-39-46(3,4)5)45-44(48)38-36-34-32-30-28-19-17-15-13-11-9-7-2/h35,37,42-43,47H,6-34,36,38-41H2,1-5H3,(H-,45,48,49,50)/p+1/b37-35+. The highest BCUT2D eigenvalue weighted by Crippen LogP contribution is 2.43. The number of carbonyl (C=O) groups is 1. The van der Waals surface area contributed by atoms with Crippen molar-refractivity contribution in [3.8, 4) is 0 Å². The molecule has 0 aliphatic carbocycles. The molecule has 53 heavy (non-hydrogen) atoms. The fourth-order valence-corrected chi connectivity index (χ4v) is 7.37. The van der Waals surface area contributed by atoms with E-state index in [1.165, 1.54) is 161 Å². The van der Waals surface area contributed by atoms with Gasteiger partial charge in [0.25, 0.3) is 0 Å². The lowest BCUT2D eigenvalue weighted by Crippen LogP contribution is -2.45. The molecule has 0 aromatic carbocycles. The van der Waals surface area contributed by atoms with Crippen LogP contribution in [0.15, 0.2) is 12.2 Å². The zero-order valence-corrected chi connectivity index (χ0v) is 36.7. The van der Waals surface area contributed by atoms with Gasteiger partial charge in [0, 0.05) is 6.42 Å². The molecule has 0 aliphatic rings. The van der Waals surface area contributed by atoms with Crippen LogP contribution in [0.4, 0.5) is 0 Å². The Hall–Kier alpha value is -0.760. The first-order valence-corrected chi connectivity index (χ1v) is 24.1. The fourth-order valence-electron chi connectivity index (χ4n) is 6.63. The van der Waals surface area contributed by atoms with Crippen LogP contribution in [0, 0.1) is 0 Å². The van der Waals surface area contributed by atoms with Gasteiger partial charge in [0.2, 0.25) is 5.91 Å². The van der Waals surface area contributed by atoms with Gasteiger partial charge < -0.3 is 19.8 Å². The molecule has 1 amide bonds. The Kier molecular flexibility index (Phi) is 36.3. The van der Waals surface area contributed by atoms with Crippen LogP contribution < -0.4 is 5.32 Å². The lowest BCUT2D eigenvalue weighted by molar-refractivity contribution is -0.870. The van der Waals surface area contributed by atoms with Gasteiger partial charge in [0.05, 0.1) is 39.9 Å². The van der Waals surface area contributed by atoms with Gasteiger partial charge in [-0.05, 0) is 19.3 Å². The van der Waals surface area contributed by atoms with Crippen LogP contribution in [-0.2, 0) is 18.4 Å². The third-order valence-electron chi connectivity index (χ3n) is 10.3. The summed E-state index contributed by atoms with van der Waals surface area (Å²) in [7, 11) is 1.58. The molecule has 0 radical (unpaired) electrons. The number of quaternary nitrogens is 1. The van der Waals surface area contributed by atoms with E-state index < -0.39 is 20.0 Å². The van der Waals surface area contributed by atoms with E-state index in [0.29, 0.717) is 17.4 Å². The van der Waals surface area contributed by atoms with Gasteiger partial charge >= 0.3 is 7.82 Å². The maximum Gasteiger partial charge on any atom is 0.472 e. The minimum absolute atomic E-state index is 0.0646. The van der Waals surface area contributed by atoms with E-state index in [0.717, 1.165) is 32.1 Å². The molecule has 0 saturated carbocycles. The third-order valence-corrected chi connectivity index (χ3v) is 11.2. The van der Waals surface area contributed by atoms with Crippen molar-refractivity contribution in [1.29, 1.82) is 0 Å². The average Bonchev–Trinajstić information content (AvgIpc) is 3.10. The van der Waals surface area contributed by atoms with E-state index in [1.54, 1.807) is 6.08 Å². The normalized spacial score (nSPS) is 14.5. The van der Waals surface area contributed by atoms with Crippen LogP contribution in [0.1, 0.15) is 213 Å². The average molecular weight is 774 g/mol. The number of aliphatic hydroxyl groups is 1. The molecule has 3 N–H and O–H groups in total. The highest BCUT2D eigenvalue weighted by Gasteiger charge is 2.27. The third kappa shape index (κ3) is 39.3. The summed E-state index contributed by atoms with van der Waals surface area (Å²) in [5.74, 6) is -0.176. The molecule has 0 fully saturated rings. The molecule has 0 spiro atoms. The van der Waals surface area contributed by atoms with Crippen molar-refractivity contribution in [3.05, 3.63) is 12.2 Å². The summed E-state index contributed by atoms with van der Waals surface area (Å²) in [6, 6.07) is -0.839. The molecule has 9 heteroatoms. The van der Waals surface area contributed by atoms with E-state index in [2.05, 4.69) is 19.2 Å². The fraction of sp³-hybridized carbons (Fsp3) is 0.932. The molecule has 0 aliphatic heterocycles. The Labute approximate surface area is 329 Å². The van der Waals surface area contributed by atoms with Crippen molar-refractivity contribution in [2.45, 2.75) is 225 Å². The lowest BCUT2D eigenvalue weighted by atomic mass is 10.0. The molecule has 316 valence electrons. The van der Waals surface area contributed by atoms with Crippen LogP contribution >= 0.6 is 7.82 Å². The summed E-state index contributed by atoms with van der Waals surface area (Å²) in [6.07, 6.45) is 41.3. The van der Waals surface area contributed by atoms with E-state index in [9.17, 15) is 19.4 Å². The van der Waals surface area contributed by atoms with Gasteiger partial charge in [-0.1, -0.05) is 199 Å². The quantitative estimate of drug-likeness (QED) is 0.0247. The van der Waals surface area contributed by atoms with Gasteiger partial charge in [-0.15, -0.1) is 0 Å². The van der Waals surface area contributed by atoms with E-state index in [-0.39, 0.29) is 19.1 Å². The number of nitrogens with zero attached hydrogens (tertiary/aromatic N) is 1. The molecule has 3 atom stereocenters. The number of aliphatic hydroxyl groups excluding tert-OH is 1. The zero-order valence-electron chi connectivity index (χ0n) is 35.8. The first kappa shape index (κ1) is 52.2. The van der Waals surface area contributed by atoms with E-state index in [1.807, 2.05) is 27.2 Å². The first-order chi connectivity index (χ1) is 25.5. The molecule has 3 unspecified atom stereocenters. The predicted molar refractivity (Wildman–Crippen MR) is 226 cm³/mol. The Morgan fingerprint density at radius 1 is 0.623 bits per heavy atom. The summed E-state index contributed by atoms with van der Waals surface area (Å²) in [5, 5.41) is 13.8. The molecule has 0 aromatic heterocycles. The topological polar surface area (TPSA) is 105 Å². The number of hydrogen-bond acceptors (Lipinski definition) is 5. The van der Waals surface area contributed by atoms with Gasteiger partial charge in [0.15, 0.2) is 0 Å². The second kappa shape index (κ2) is 36.9. The number of amides is 1. The molecule has 0 rings (SSSR count). The number of allylic oxidation sites excluding steroid dienone is 1. The van der Waals surface area contributed by atoms with Crippen molar-refractivity contribution in [2.75, 3.05) is 40.9 Å². The van der Waals surface area contributed by atoms with Gasteiger partial charge in [-0.2, -0.15) is 0 Å². The van der Waals surface area contributed by atoms with Crippen LogP contribution in [-0.4, -0.2) is 73.4 Å². The second-order valence-electron chi connectivity index (χ2n) is 16.8. The summed E-state index contributed by atoms with van der Waals surface area (Å²) in [4.78, 5) is 23.1. The number of nitrogens with one attached hydrogen (secondary N) is 1. The summed E-state index contributed by atoms with van der Waals surface area (Å²) in [6.45, 7) is 4.82. The zero-order chi connectivity index (χ0) is 39.3. The number of phosphoric acid groups is 1. The Morgan fingerprint density at radius 3 is 1.40 bits per heavy atom. The Morgan fingerprint density at radius 2 is 1.00 bits per heavy atom. The smallest absolute Gasteiger partial charge is 0.387 e. The highest BCUT2D eigenvalue weighted by atomic mass is 31.2. The minimum atomic E-state index is -4.33. The predicted octanol–water partition coefficient (Wildman–Crippen LogP) is 12.4. The van der Waals surface area contributed by atoms with Gasteiger partial charge in [0.1, 0.15) is 13.2 Å².